The van der Waals surface area contributed by atoms with Gasteiger partial charge in [-0.1, -0.05) is 12.1 Å². The fourth-order valence-corrected chi connectivity index (χ4v) is 3.60. The van der Waals surface area contributed by atoms with Crippen LogP contribution in [0.15, 0.2) is 24.3 Å². The zero-order chi connectivity index (χ0) is 13.3. The Labute approximate surface area is 115 Å². The molecule has 2 fully saturated rings. The minimum absolute atomic E-state index is 0.461. The maximum absolute atomic E-state index is 10.7. The standard InChI is InChI=1S/C16H23NO2/c1-19-15-6-2-12(3-7-15)8-9-16(18)10-13-4-5-14(11-16)17-13/h2-3,6-7,13-14,17-18H,4-5,8-11H2,1H3. The number of fused-ring (bicyclic) bond motifs is 2. The van der Waals surface area contributed by atoms with Gasteiger partial charge in [0.25, 0.3) is 0 Å². The normalized spacial score (nSPS) is 33.4. The summed E-state index contributed by atoms with van der Waals surface area (Å²) in [5.74, 6) is 0.891. The number of aryl methyl sites for hydroxylation is 1. The van der Waals surface area contributed by atoms with Crippen LogP contribution in [-0.4, -0.2) is 29.9 Å². The topological polar surface area (TPSA) is 41.5 Å². The Morgan fingerprint density at radius 3 is 2.42 bits per heavy atom. The first-order valence-electron chi connectivity index (χ1n) is 7.28. The molecule has 3 heteroatoms. The lowest BCUT2D eigenvalue weighted by Crippen LogP contribution is -2.48. The average molecular weight is 261 g/mol. The summed E-state index contributed by atoms with van der Waals surface area (Å²) < 4.78 is 5.16. The Morgan fingerprint density at radius 2 is 1.84 bits per heavy atom. The monoisotopic (exact) mass is 261 g/mol. The Hall–Kier alpha value is -1.06. The molecule has 104 valence electrons. The first-order chi connectivity index (χ1) is 9.17. The summed E-state index contributed by atoms with van der Waals surface area (Å²) >= 11 is 0. The zero-order valence-corrected chi connectivity index (χ0v) is 11.6. The van der Waals surface area contributed by atoms with Gasteiger partial charge in [0.05, 0.1) is 12.7 Å². The summed E-state index contributed by atoms with van der Waals surface area (Å²) in [4.78, 5) is 0. The molecule has 2 atom stereocenters. The number of piperidine rings is 1. The minimum atomic E-state index is -0.461. The van der Waals surface area contributed by atoms with Crippen LogP contribution in [0.4, 0.5) is 0 Å². The van der Waals surface area contributed by atoms with E-state index in [1.165, 1.54) is 18.4 Å². The molecule has 0 radical (unpaired) electrons. The Balaban J connectivity index is 1.58. The van der Waals surface area contributed by atoms with E-state index in [0.717, 1.165) is 31.4 Å². The fourth-order valence-electron chi connectivity index (χ4n) is 3.60. The molecule has 19 heavy (non-hydrogen) atoms. The number of benzene rings is 1. The molecule has 1 aromatic rings. The first kappa shape index (κ1) is 12.9. The molecule has 3 rings (SSSR count). The van der Waals surface area contributed by atoms with Crippen molar-refractivity contribution >= 4 is 0 Å². The molecule has 1 aromatic carbocycles. The number of hydrogen-bond donors (Lipinski definition) is 2. The van der Waals surface area contributed by atoms with E-state index in [4.69, 9.17) is 4.74 Å². The largest absolute Gasteiger partial charge is 0.497 e. The molecule has 2 saturated heterocycles. The van der Waals surface area contributed by atoms with Gasteiger partial charge in [-0.25, -0.2) is 0 Å². The van der Waals surface area contributed by atoms with Crippen LogP contribution >= 0.6 is 0 Å². The lowest BCUT2D eigenvalue weighted by Gasteiger charge is -2.37. The number of hydrogen-bond acceptors (Lipinski definition) is 3. The number of nitrogens with one attached hydrogen (secondary N) is 1. The number of methoxy groups -OCH3 is 1. The lowest BCUT2D eigenvalue weighted by atomic mass is 9.83. The van der Waals surface area contributed by atoms with Crippen LogP contribution in [-0.2, 0) is 6.42 Å². The second kappa shape index (κ2) is 5.14. The van der Waals surface area contributed by atoms with Gasteiger partial charge in [-0.05, 0) is 56.2 Å². The van der Waals surface area contributed by atoms with Gasteiger partial charge in [-0.3, -0.25) is 0 Å². The maximum atomic E-state index is 10.7. The number of ether oxygens (including phenoxy) is 1. The predicted molar refractivity (Wildman–Crippen MR) is 75.4 cm³/mol. The van der Waals surface area contributed by atoms with Crippen LogP contribution in [0.2, 0.25) is 0 Å². The molecule has 0 saturated carbocycles. The summed E-state index contributed by atoms with van der Waals surface area (Å²) in [5.41, 5.74) is 0.817. The second-order valence-electron chi connectivity index (χ2n) is 6.12. The molecule has 3 nitrogen and oxygen atoms in total. The summed E-state index contributed by atoms with van der Waals surface area (Å²) in [6.07, 6.45) is 6.11. The van der Waals surface area contributed by atoms with Crippen LogP contribution in [0.25, 0.3) is 0 Å². The molecule has 2 aliphatic heterocycles. The van der Waals surface area contributed by atoms with Crippen molar-refractivity contribution in [3.05, 3.63) is 29.8 Å². The van der Waals surface area contributed by atoms with E-state index in [1.54, 1.807) is 7.11 Å². The van der Waals surface area contributed by atoms with Crippen LogP contribution < -0.4 is 10.1 Å². The van der Waals surface area contributed by atoms with E-state index in [-0.39, 0.29) is 0 Å². The molecule has 2 unspecified atom stereocenters. The van der Waals surface area contributed by atoms with Crippen LogP contribution in [0, 0.1) is 0 Å². The third-order valence-corrected chi connectivity index (χ3v) is 4.63. The van der Waals surface area contributed by atoms with Crippen molar-refractivity contribution in [3.63, 3.8) is 0 Å². The number of rotatable bonds is 4. The summed E-state index contributed by atoms with van der Waals surface area (Å²) in [5, 5.41) is 14.3. The van der Waals surface area contributed by atoms with E-state index in [1.807, 2.05) is 12.1 Å². The molecule has 0 amide bonds. The molecule has 2 heterocycles. The fraction of sp³-hybridized carbons (Fsp3) is 0.625. The average Bonchev–Trinajstić information content (AvgIpc) is 2.77. The molecule has 0 aromatic heterocycles. The smallest absolute Gasteiger partial charge is 0.118 e. The molecular formula is C16H23NO2. The van der Waals surface area contributed by atoms with Gasteiger partial charge >= 0.3 is 0 Å². The summed E-state index contributed by atoms with van der Waals surface area (Å²) in [6, 6.07) is 9.26. The highest BCUT2D eigenvalue weighted by molar-refractivity contribution is 5.27. The highest BCUT2D eigenvalue weighted by Crippen LogP contribution is 2.36. The second-order valence-corrected chi connectivity index (χ2v) is 6.12. The van der Waals surface area contributed by atoms with Crippen molar-refractivity contribution < 1.29 is 9.84 Å². The first-order valence-corrected chi connectivity index (χ1v) is 7.28. The van der Waals surface area contributed by atoms with Crippen molar-refractivity contribution in [1.29, 1.82) is 0 Å². The molecule has 0 aliphatic carbocycles. The van der Waals surface area contributed by atoms with Crippen molar-refractivity contribution in [2.45, 2.75) is 56.2 Å². The highest BCUT2D eigenvalue weighted by Gasteiger charge is 2.41. The Kier molecular flexibility index (Phi) is 3.50. The van der Waals surface area contributed by atoms with E-state index in [9.17, 15) is 5.11 Å². The van der Waals surface area contributed by atoms with Crippen molar-refractivity contribution in [1.82, 2.24) is 5.32 Å². The lowest BCUT2D eigenvalue weighted by molar-refractivity contribution is -0.0136. The van der Waals surface area contributed by atoms with Gasteiger partial charge in [0.2, 0.25) is 0 Å². The summed E-state index contributed by atoms with van der Waals surface area (Å²) in [6.45, 7) is 0. The quantitative estimate of drug-likeness (QED) is 0.873. The van der Waals surface area contributed by atoms with Gasteiger partial charge in [0, 0.05) is 12.1 Å². The Morgan fingerprint density at radius 1 is 1.21 bits per heavy atom. The number of aliphatic hydroxyl groups is 1. The SMILES string of the molecule is COc1ccc(CCC2(O)CC3CCC(C2)N3)cc1. The van der Waals surface area contributed by atoms with E-state index in [2.05, 4.69) is 17.4 Å². The van der Waals surface area contributed by atoms with Crippen molar-refractivity contribution in [2.24, 2.45) is 0 Å². The van der Waals surface area contributed by atoms with Gasteiger partial charge in [0.15, 0.2) is 0 Å². The van der Waals surface area contributed by atoms with Gasteiger partial charge in [0.1, 0.15) is 5.75 Å². The third kappa shape index (κ3) is 2.93. The van der Waals surface area contributed by atoms with E-state index >= 15 is 0 Å². The summed E-state index contributed by atoms with van der Waals surface area (Å²) in [7, 11) is 1.68. The van der Waals surface area contributed by atoms with Crippen molar-refractivity contribution in [3.8, 4) is 5.75 Å². The van der Waals surface area contributed by atoms with E-state index in [0.29, 0.717) is 12.1 Å². The van der Waals surface area contributed by atoms with Crippen molar-refractivity contribution in [2.75, 3.05) is 7.11 Å². The molecule has 2 N–H and O–H groups in total. The van der Waals surface area contributed by atoms with Crippen LogP contribution in [0.5, 0.6) is 5.75 Å². The molecule has 2 aliphatic rings. The van der Waals surface area contributed by atoms with Crippen LogP contribution in [0.3, 0.4) is 0 Å². The zero-order valence-electron chi connectivity index (χ0n) is 11.6. The third-order valence-electron chi connectivity index (χ3n) is 4.63. The highest BCUT2D eigenvalue weighted by atomic mass is 16.5. The van der Waals surface area contributed by atoms with E-state index < -0.39 is 5.60 Å². The molecule has 2 bridgehead atoms. The van der Waals surface area contributed by atoms with Crippen LogP contribution in [0.1, 0.15) is 37.7 Å². The van der Waals surface area contributed by atoms with Gasteiger partial charge < -0.3 is 15.2 Å². The predicted octanol–water partition coefficient (Wildman–Crippen LogP) is 2.27. The molecule has 0 spiro atoms. The minimum Gasteiger partial charge on any atom is -0.497 e. The van der Waals surface area contributed by atoms with Gasteiger partial charge in [-0.2, -0.15) is 0 Å². The Bertz CT molecular complexity index is 417. The maximum Gasteiger partial charge on any atom is 0.118 e. The van der Waals surface area contributed by atoms with Gasteiger partial charge in [-0.15, -0.1) is 0 Å². The molecular weight excluding hydrogens is 238 g/mol.